The van der Waals surface area contributed by atoms with E-state index in [1.807, 2.05) is 31.2 Å². The zero-order chi connectivity index (χ0) is 13.1. The maximum atomic E-state index is 12.1. The Morgan fingerprint density at radius 3 is 2.78 bits per heavy atom. The predicted octanol–water partition coefficient (Wildman–Crippen LogP) is 1.69. The van der Waals surface area contributed by atoms with Gasteiger partial charge in [-0.05, 0) is 18.1 Å². The minimum atomic E-state index is -0.245. The van der Waals surface area contributed by atoms with Crippen molar-refractivity contribution in [2.45, 2.75) is 25.9 Å². The summed E-state index contributed by atoms with van der Waals surface area (Å²) in [7, 11) is 0. The van der Waals surface area contributed by atoms with E-state index >= 15 is 0 Å². The Morgan fingerprint density at radius 2 is 2.11 bits per heavy atom. The van der Waals surface area contributed by atoms with Gasteiger partial charge in [-0.1, -0.05) is 41.1 Å². The number of hydrogen-bond acceptors (Lipinski definition) is 3. The van der Waals surface area contributed by atoms with Crippen molar-refractivity contribution in [1.82, 2.24) is 10.2 Å². The second-order valence-electron chi connectivity index (χ2n) is 4.25. The molecule has 2 rings (SSSR count). The van der Waals surface area contributed by atoms with Gasteiger partial charge in [0, 0.05) is 4.47 Å². The third-order valence-electron chi connectivity index (χ3n) is 3.06. The third kappa shape index (κ3) is 2.62. The molecule has 2 amide bonds. The van der Waals surface area contributed by atoms with Gasteiger partial charge in [0.15, 0.2) is 0 Å². The van der Waals surface area contributed by atoms with Gasteiger partial charge in [-0.3, -0.25) is 19.8 Å². The first-order chi connectivity index (χ1) is 8.63. The van der Waals surface area contributed by atoms with Gasteiger partial charge in [0.25, 0.3) is 0 Å². The molecule has 1 N–H and O–H groups in total. The summed E-state index contributed by atoms with van der Waals surface area (Å²) in [6, 6.07) is 7.38. The fraction of sp³-hybridized carbons (Fsp3) is 0.385. The lowest BCUT2D eigenvalue weighted by Crippen LogP contribution is -2.57. The van der Waals surface area contributed by atoms with Gasteiger partial charge in [0.2, 0.25) is 11.8 Å². The van der Waals surface area contributed by atoms with Crippen LogP contribution < -0.4 is 5.32 Å². The molecule has 0 bridgehead atoms. The minimum absolute atomic E-state index is 0.135. The van der Waals surface area contributed by atoms with Crippen molar-refractivity contribution in [1.29, 1.82) is 0 Å². The molecular weight excluding hydrogens is 296 g/mol. The molecular formula is C13H15BrN2O2. The monoisotopic (exact) mass is 310 g/mol. The molecule has 1 unspecified atom stereocenters. The van der Waals surface area contributed by atoms with Crippen molar-refractivity contribution in [2.75, 3.05) is 6.54 Å². The topological polar surface area (TPSA) is 49.4 Å². The SMILES string of the molecule is CCC1NCC(=O)N(Cc2ccccc2Br)C1=O. The average molecular weight is 311 g/mol. The molecule has 0 radical (unpaired) electrons. The molecule has 1 fully saturated rings. The number of imide groups is 1. The molecule has 4 nitrogen and oxygen atoms in total. The van der Waals surface area contributed by atoms with E-state index in [0.29, 0.717) is 13.0 Å². The molecule has 18 heavy (non-hydrogen) atoms. The van der Waals surface area contributed by atoms with Crippen molar-refractivity contribution in [2.24, 2.45) is 0 Å². The highest BCUT2D eigenvalue weighted by Gasteiger charge is 2.32. The van der Waals surface area contributed by atoms with Gasteiger partial charge >= 0.3 is 0 Å². The average Bonchev–Trinajstić information content (AvgIpc) is 2.37. The molecule has 0 aromatic heterocycles. The number of hydrogen-bond donors (Lipinski definition) is 1. The van der Waals surface area contributed by atoms with Crippen LogP contribution in [0.3, 0.4) is 0 Å². The Hall–Kier alpha value is -1.20. The van der Waals surface area contributed by atoms with Crippen molar-refractivity contribution in [3.63, 3.8) is 0 Å². The number of benzene rings is 1. The summed E-state index contributed by atoms with van der Waals surface area (Å²) in [5, 5.41) is 2.95. The zero-order valence-corrected chi connectivity index (χ0v) is 11.7. The van der Waals surface area contributed by atoms with Crippen LogP contribution in [0.15, 0.2) is 28.7 Å². The Balaban J connectivity index is 2.18. The van der Waals surface area contributed by atoms with Crippen LogP contribution in [0.5, 0.6) is 0 Å². The van der Waals surface area contributed by atoms with Gasteiger partial charge < -0.3 is 0 Å². The van der Waals surface area contributed by atoms with Crippen LogP contribution in [0.2, 0.25) is 0 Å². The summed E-state index contributed by atoms with van der Waals surface area (Å²) in [6.07, 6.45) is 0.693. The molecule has 1 atom stereocenters. The van der Waals surface area contributed by atoms with E-state index in [0.717, 1.165) is 10.0 Å². The van der Waals surface area contributed by atoms with Crippen molar-refractivity contribution in [3.05, 3.63) is 34.3 Å². The van der Waals surface area contributed by atoms with Crippen LogP contribution >= 0.6 is 15.9 Å². The van der Waals surface area contributed by atoms with E-state index < -0.39 is 0 Å². The van der Waals surface area contributed by atoms with Gasteiger partial charge in [-0.15, -0.1) is 0 Å². The van der Waals surface area contributed by atoms with Crippen LogP contribution in [0.4, 0.5) is 0 Å². The zero-order valence-electron chi connectivity index (χ0n) is 10.1. The van der Waals surface area contributed by atoms with Gasteiger partial charge in [0.1, 0.15) is 0 Å². The Kier molecular flexibility index (Phi) is 4.14. The van der Waals surface area contributed by atoms with Gasteiger partial charge in [0.05, 0.1) is 19.1 Å². The van der Waals surface area contributed by atoms with E-state index in [9.17, 15) is 9.59 Å². The number of carbonyl (C=O) groups is 2. The molecule has 1 aliphatic heterocycles. The molecule has 1 aromatic carbocycles. The summed E-state index contributed by atoms with van der Waals surface area (Å²) < 4.78 is 0.914. The molecule has 0 aliphatic carbocycles. The Labute approximate surface area is 114 Å². The summed E-state index contributed by atoms with van der Waals surface area (Å²) in [6.45, 7) is 2.49. The smallest absolute Gasteiger partial charge is 0.246 e. The summed E-state index contributed by atoms with van der Waals surface area (Å²) in [5.74, 6) is -0.301. The number of carbonyl (C=O) groups excluding carboxylic acids is 2. The highest BCUT2D eigenvalue weighted by molar-refractivity contribution is 9.10. The lowest BCUT2D eigenvalue weighted by atomic mass is 10.1. The standard InChI is InChI=1S/C13H15BrN2O2/c1-2-11-13(18)16(12(17)7-15-11)8-9-5-3-4-6-10(9)14/h3-6,11,15H,2,7-8H2,1H3. The fourth-order valence-corrected chi connectivity index (χ4v) is 2.40. The van der Waals surface area contributed by atoms with Crippen molar-refractivity contribution < 1.29 is 9.59 Å². The van der Waals surface area contributed by atoms with E-state index in [4.69, 9.17) is 0 Å². The lowest BCUT2D eigenvalue weighted by Gasteiger charge is -2.31. The second-order valence-corrected chi connectivity index (χ2v) is 5.11. The Bertz CT molecular complexity index is 476. The summed E-state index contributed by atoms with van der Waals surface area (Å²) in [4.78, 5) is 25.3. The highest BCUT2D eigenvalue weighted by Crippen LogP contribution is 2.19. The molecule has 96 valence electrons. The van der Waals surface area contributed by atoms with Gasteiger partial charge in [-0.2, -0.15) is 0 Å². The highest BCUT2D eigenvalue weighted by atomic mass is 79.9. The van der Waals surface area contributed by atoms with Gasteiger partial charge in [-0.25, -0.2) is 0 Å². The van der Waals surface area contributed by atoms with E-state index in [2.05, 4.69) is 21.2 Å². The first kappa shape index (κ1) is 13.2. The molecule has 1 aliphatic rings. The molecule has 1 aromatic rings. The number of piperazine rings is 1. The normalized spacial score (nSPS) is 20.3. The van der Waals surface area contributed by atoms with Crippen LogP contribution in [-0.2, 0) is 16.1 Å². The number of amides is 2. The third-order valence-corrected chi connectivity index (χ3v) is 3.83. The van der Waals surface area contributed by atoms with E-state index in [1.165, 1.54) is 4.90 Å². The number of halogens is 1. The predicted molar refractivity (Wildman–Crippen MR) is 71.8 cm³/mol. The Morgan fingerprint density at radius 1 is 1.39 bits per heavy atom. The molecule has 5 heteroatoms. The van der Waals surface area contributed by atoms with Crippen LogP contribution in [-0.4, -0.2) is 29.3 Å². The first-order valence-electron chi connectivity index (χ1n) is 5.94. The second kappa shape index (κ2) is 5.63. The number of rotatable bonds is 3. The molecule has 1 saturated heterocycles. The van der Waals surface area contributed by atoms with Crippen LogP contribution in [0.1, 0.15) is 18.9 Å². The maximum absolute atomic E-state index is 12.1. The van der Waals surface area contributed by atoms with E-state index in [1.54, 1.807) is 0 Å². The van der Waals surface area contributed by atoms with Crippen LogP contribution in [0, 0.1) is 0 Å². The number of nitrogens with zero attached hydrogens (tertiary/aromatic N) is 1. The quantitative estimate of drug-likeness (QED) is 0.864. The van der Waals surface area contributed by atoms with Crippen molar-refractivity contribution >= 4 is 27.7 Å². The minimum Gasteiger partial charge on any atom is -0.297 e. The molecule has 1 heterocycles. The molecule has 0 spiro atoms. The first-order valence-corrected chi connectivity index (χ1v) is 6.73. The number of nitrogens with one attached hydrogen (secondary N) is 1. The van der Waals surface area contributed by atoms with Crippen molar-refractivity contribution in [3.8, 4) is 0 Å². The van der Waals surface area contributed by atoms with Crippen LogP contribution in [0.25, 0.3) is 0 Å². The summed E-state index contributed by atoms with van der Waals surface area (Å²) >= 11 is 3.43. The fourth-order valence-electron chi connectivity index (χ4n) is 1.99. The summed E-state index contributed by atoms with van der Waals surface area (Å²) in [5.41, 5.74) is 0.941. The largest absolute Gasteiger partial charge is 0.297 e. The maximum Gasteiger partial charge on any atom is 0.246 e. The molecule has 0 saturated carbocycles. The lowest BCUT2D eigenvalue weighted by molar-refractivity contribution is -0.150. The van der Waals surface area contributed by atoms with E-state index in [-0.39, 0.29) is 24.4 Å².